The summed E-state index contributed by atoms with van der Waals surface area (Å²) in [6, 6.07) is 17.9. The molecule has 0 fully saturated rings. The van der Waals surface area contributed by atoms with E-state index in [2.05, 4.69) is 4.98 Å². The first-order valence-electron chi connectivity index (χ1n) is 8.53. The van der Waals surface area contributed by atoms with Crippen molar-refractivity contribution in [3.8, 4) is 16.3 Å². The van der Waals surface area contributed by atoms with Gasteiger partial charge in [-0.1, -0.05) is 48.5 Å². The number of ether oxygens (including phenoxy) is 1. The highest BCUT2D eigenvalue weighted by molar-refractivity contribution is 7.13. The number of carbonyl (C=O) groups is 1. The number of aromatic nitrogens is 1. The molecule has 0 aliphatic carbocycles. The lowest BCUT2D eigenvalue weighted by atomic mass is 10.1. The van der Waals surface area contributed by atoms with Crippen molar-refractivity contribution in [2.45, 2.75) is 12.8 Å². The topological polar surface area (TPSA) is 42.4 Å². The van der Waals surface area contributed by atoms with E-state index in [9.17, 15) is 4.79 Å². The van der Waals surface area contributed by atoms with Gasteiger partial charge in [-0.05, 0) is 18.1 Å². The molecule has 26 heavy (non-hydrogen) atoms. The Kier molecular flexibility index (Phi) is 6.02. The minimum absolute atomic E-state index is 0.0739. The van der Waals surface area contributed by atoms with Gasteiger partial charge in [0.1, 0.15) is 10.8 Å². The van der Waals surface area contributed by atoms with E-state index in [0.29, 0.717) is 13.0 Å². The number of methoxy groups -OCH3 is 1. The molecule has 134 valence electrons. The van der Waals surface area contributed by atoms with E-state index in [1.807, 2.05) is 67.0 Å². The number of likely N-dealkylation sites (N-methyl/N-ethyl adjacent to an activating group) is 1. The zero-order chi connectivity index (χ0) is 18.4. The highest BCUT2D eigenvalue weighted by atomic mass is 32.1. The number of nitrogens with zero attached hydrogens (tertiary/aromatic N) is 2. The van der Waals surface area contributed by atoms with Crippen molar-refractivity contribution in [1.82, 2.24) is 9.88 Å². The van der Waals surface area contributed by atoms with Crippen LogP contribution >= 0.6 is 11.3 Å². The fraction of sp³-hybridized carbons (Fsp3) is 0.238. The zero-order valence-corrected chi connectivity index (χ0v) is 15.8. The van der Waals surface area contributed by atoms with E-state index in [0.717, 1.165) is 34.0 Å². The molecule has 4 nitrogen and oxygen atoms in total. The van der Waals surface area contributed by atoms with Crippen LogP contribution in [-0.2, 0) is 17.6 Å². The van der Waals surface area contributed by atoms with Gasteiger partial charge in [0.05, 0.1) is 19.2 Å². The van der Waals surface area contributed by atoms with Crippen molar-refractivity contribution in [3.63, 3.8) is 0 Å². The van der Waals surface area contributed by atoms with Crippen LogP contribution in [-0.4, -0.2) is 36.5 Å². The average molecular weight is 366 g/mol. The van der Waals surface area contributed by atoms with Crippen molar-refractivity contribution in [1.29, 1.82) is 0 Å². The molecule has 0 aliphatic rings. The predicted molar refractivity (Wildman–Crippen MR) is 106 cm³/mol. The molecule has 3 rings (SSSR count). The van der Waals surface area contributed by atoms with Crippen LogP contribution in [0.2, 0.25) is 0 Å². The van der Waals surface area contributed by atoms with Crippen molar-refractivity contribution in [2.24, 2.45) is 0 Å². The summed E-state index contributed by atoms with van der Waals surface area (Å²) in [5, 5.41) is 2.92. The third kappa shape index (κ3) is 4.49. The molecule has 5 heteroatoms. The predicted octanol–water partition coefficient (Wildman–Crippen LogP) is 4.06. The number of para-hydroxylation sites is 1. The Balaban J connectivity index is 1.57. The lowest BCUT2D eigenvalue weighted by Crippen LogP contribution is -2.30. The summed E-state index contributed by atoms with van der Waals surface area (Å²) in [6.07, 6.45) is 1.09. The van der Waals surface area contributed by atoms with Crippen LogP contribution in [0, 0.1) is 0 Å². The lowest BCUT2D eigenvalue weighted by Gasteiger charge is -2.17. The van der Waals surface area contributed by atoms with Crippen LogP contribution in [0.25, 0.3) is 10.6 Å². The minimum Gasteiger partial charge on any atom is -0.496 e. The molecule has 1 amide bonds. The van der Waals surface area contributed by atoms with Crippen LogP contribution in [0.4, 0.5) is 0 Å². The summed E-state index contributed by atoms with van der Waals surface area (Å²) >= 11 is 1.57. The van der Waals surface area contributed by atoms with Crippen molar-refractivity contribution < 1.29 is 9.53 Å². The summed E-state index contributed by atoms with van der Waals surface area (Å²) in [6.45, 7) is 0.648. The molecule has 0 unspecified atom stereocenters. The Morgan fingerprint density at radius 3 is 2.62 bits per heavy atom. The van der Waals surface area contributed by atoms with E-state index in [-0.39, 0.29) is 5.91 Å². The van der Waals surface area contributed by atoms with Gasteiger partial charge < -0.3 is 9.64 Å². The molecule has 0 aliphatic heterocycles. The molecular formula is C21H22N2O2S. The number of carbonyl (C=O) groups excluding carboxylic acids is 1. The van der Waals surface area contributed by atoms with Gasteiger partial charge in [-0.25, -0.2) is 4.98 Å². The van der Waals surface area contributed by atoms with Crippen LogP contribution in [0.1, 0.15) is 11.3 Å². The number of hydrogen-bond donors (Lipinski definition) is 0. The molecule has 2 aromatic carbocycles. The van der Waals surface area contributed by atoms with Crippen LogP contribution in [0.15, 0.2) is 60.0 Å². The first-order valence-corrected chi connectivity index (χ1v) is 9.41. The Labute approximate surface area is 158 Å². The molecule has 0 spiro atoms. The monoisotopic (exact) mass is 366 g/mol. The number of amides is 1. The fourth-order valence-corrected chi connectivity index (χ4v) is 3.54. The van der Waals surface area contributed by atoms with Gasteiger partial charge in [-0.3, -0.25) is 4.79 Å². The zero-order valence-electron chi connectivity index (χ0n) is 15.0. The molecule has 1 aromatic heterocycles. The second-order valence-corrected chi connectivity index (χ2v) is 6.92. The molecule has 0 N–H and O–H groups in total. The van der Waals surface area contributed by atoms with E-state index in [4.69, 9.17) is 4.74 Å². The van der Waals surface area contributed by atoms with Gasteiger partial charge >= 0.3 is 0 Å². The minimum atomic E-state index is 0.0739. The van der Waals surface area contributed by atoms with Crippen molar-refractivity contribution >= 4 is 17.2 Å². The lowest BCUT2D eigenvalue weighted by molar-refractivity contribution is -0.129. The first kappa shape index (κ1) is 18.1. The Morgan fingerprint density at radius 1 is 1.12 bits per heavy atom. The first-order chi connectivity index (χ1) is 12.7. The van der Waals surface area contributed by atoms with Gasteiger partial charge in [0.25, 0.3) is 0 Å². The fourth-order valence-electron chi connectivity index (χ4n) is 2.71. The smallest absolute Gasteiger partial charge is 0.228 e. The third-order valence-corrected chi connectivity index (χ3v) is 5.18. The molecule has 3 aromatic rings. The molecule has 0 saturated heterocycles. The van der Waals surface area contributed by atoms with Gasteiger partial charge in [-0.15, -0.1) is 11.3 Å². The summed E-state index contributed by atoms with van der Waals surface area (Å²) in [5.41, 5.74) is 3.01. The Hall–Kier alpha value is -2.66. The van der Waals surface area contributed by atoms with Gasteiger partial charge in [0.2, 0.25) is 5.91 Å². The number of hydrogen-bond acceptors (Lipinski definition) is 4. The molecule has 1 heterocycles. The highest BCUT2D eigenvalue weighted by Crippen LogP contribution is 2.23. The van der Waals surface area contributed by atoms with Crippen molar-refractivity contribution in [3.05, 3.63) is 71.2 Å². The number of rotatable bonds is 7. The molecule has 0 bridgehead atoms. The molecule has 0 atom stereocenters. The average Bonchev–Trinajstić information content (AvgIpc) is 3.15. The normalized spacial score (nSPS) is 10.5. The maximum Gasteiger partial charge on any atom is 0.228 e. The molecule has 0 saturated carbocycles. The number of thiazole rings is 1. The second-order valence-electron chi connectivity index (χ2n) is 6.06. The number of benzene rings is 2. The summed E-state index contributed by atoms with van der Waals surface area (Å²) in [5.74, 6) is 0.935. The third-order valence-electron chi connectivity index (χ3n) is 4.24. The maximum absolute atomic E-state index is 12.5. The molecular weight excluding hydrogens is 344 g/mol. The SMILES string of the molecule is COc1ccccc1CCN(C)C(=O)Cc1csc(-c2ccccc2)n1. The van der Waals surface area contributed by atoms with Gasteiger partial charge in [-0.2, -0.15) is 0 Å². The Morgan fingerprint density at radius 2 is 1.85 bits per heavy atom. The summed E-state index contributed by atoms with van der Waals surface area (Å²) < 4.78 is 5.37. The van der Waals surface area contributed by atoms with Crippen LogP contribution in [0.3, 0.4) is 0 Å². The second kappa shape index (κ2) is 8.63. The quantitative estimate of drug-likeness (QED) is 0.633. The maximum atomic E-state index is 12.5. The summed E-state index contributed by atoms with van der Waals surface area (Å²) in [7, 11) is 3.50. The Bertz CT molecular complexity index is 861. The highest BCUT2D eigenvalue weighted by Gasteiger charge is 2.13. The van der Waals surface area contributed by atoms with Gasteiger partial charge in [0, 0.05) is 24.5 Å². The van der Waals surface area contributed by atoms with E-state index in [1.54, 1.807) is 23.3 Å². The van der Waals surface area contributed by atoms with Crippen molar-refractivity contribution in [2.75, 3.05) is 20.7 Å². The van der Waals surface area contributed by atoms with E-state index < -0.39 is 0 Å². The van der Waals surface area contributed by atoms with E-state index >= 15 is 0 Å². The van der Waals surface area contributed by atoms with E-state index in [1.165, 1.54) is 0 Å². The van der Waals surface area contributed by atoms with Crippen LogP contribution < -0.4 is 4.74 Å². The molecule has 0 radical (unpaired) electrons. The van der Waals surface area contributed by atoms with Crippen LogP contribution in [0.5, 0.6) is 5.75 Å². The van der Waals surface area contributed by atoms with Gasteiger partial charge in [0.15, 0.2) is 0 Å². The standard InChI is InChI=1S/C21H22N2O2S/c1-23(13-12-16-8-6-7-11-19(16)25-2)20(24)14-18-15-26-21(22-18)17-9-4-3-5-10-17/h3-11,15H,12-14H2,1-2H3. The largest absolute Gasteiger partial charge is 0.496 e. The summed E-state index contributed by atoms with van der Waals surface area (Å²) in [4.78, 5) is 18.9.